The van der Waals surface area contributed by atoms with E-state index in [-0.39, 0.29) is 11.4 Å². The van der Waals surface area contributed by atoms with Crippen LogP contribution in [0.25, 0.3) is 0 Å². The SMILES string of the molecule is CSc1nc(C(=O)O)c(Cc2cccc(O)c2)n1C. The smallest absolute Gasteiger partial charge is 0.356 e. The summed E-state index contributed by atoms with van der Waals surface area (Å²) in [5, 5.41) is 19.3. The molecule has 19 heavy (non-hydrogen) atoms. The Morgan fingerprint density at radius 3 is 2.79 bits per heavy atom. The lowest BCUT2D eigenvalue weighted by molar-refractivity contribution is 0.0689. The minimum Gasteiger partial charge on any atom is -0.508 e. The molecule has 2 aromatic rings. The second-order valence-corrected chi connectivity index (χ2v) is 4.88. The Morgan fingerprint density at radius 1 is 1.47 bits per heavy atom. The van der Waals surface area contributed by atoms with Crippen LogP contribution in [-0.2, 0) is 13.5 Å². The first-order valence-electron chi connectivity index (χ1n) is 5.63. The number of carbonyl (C=O) groups is 1. The van der Waals surface area contributed by atoms with Crippen LogP contribution in [0.2, 0.25) is 0 Å². The van der Waals surface area contributed by atoms with Crippen molar-refractivity contribution < 1.29 is 15.0 Å². The molecule has 1 aromatic heterocycles. The number of aromatic nitrogens is 2. The van der Waals surface area contributed by atoms with Gasteiger partial charge in [0, 0.05) is 13.5 Å². The summed E-state index contributed by atoms with van der Waals surface area (Å²) >= 11 is 1.40. The Morgan fingerprint density at radius 2 is 2.21 bits per heavy atom. The molecular weight excluding hydrogens is 264 g/mol. The van der Waals surface area contributed by atoms with E-state index in [2.05, 4.69) is 4.98 Å². The number of hydrogen-bond acceptors (Lipinski definition) is 4. The highest BCUT2D eigenvalue weighted by molar-refractivity contribution is 7.98. The van der Waals surface area contributed by atoms with E-state index in [1.807, 2.05) is 12.3 Å². The van der Waals surface area contributed by atoms with Crippen LogP contribution in [0.1, 0.15) is 21.7 Å². The summed E-state index contributed by atoms with van der Waals surface area (Å²) in [5.74, 6) is -0.868. The lowest BCUT2D eigenvalue weighted by Crippen LogP contribution is -2.06. The van der Waals surface area contributed by atoms with E-state index in [0.29, 0.717) is 17.3 Å². The molecule has 0 aliphatic rings. The number of phenolic OH excluding ortho intramolecular Hbond substituents is 1. The number of aromatic hydroxyl groups is 1. The fraction of sp³-hybridized carbons (Fsp3) is 0.231. The summed E-state index contributed by atoms with van der Waals surface area (Å²) in [6.45, 7) is 0. The summed E-state index contributed by atoms with van der Waals surface area (Å²) in [5.41, 5.74) is 1.54. The molecule has 0 aliphatic heterocycles. The third kappa shape index (κ3) is 2.73. The molecule has 0 atom stereocenters. The maximum atomic E-state index is 11.2. The molecule has 2 N–H and O–H groups in total. The minimum absolute atomic E-state index is 0.0650. The fourth-order valence-electron chi connectivity index (χ4n) is 1.93. The lowest BCUT2D eigenvalue weighted by atomic mass is 10.1. The Bertz CT molecular complexity index is 622. The number of imidazole rings is 1. The number of phenols is 1. The Balaban J connectivity index is 2.44. The zero-order valence-corrected chi connectivity index (χ0v) is 11.4. The molecule has 0 saturated heterocycles. The number of benzene rings is 1. The van der Waals surface area contributed by atoms with Crippen LogP contribution >= 0.6 is 11.8 Å². The number of rotatable bonds is 4. The molecule has 2 rings (SSSR count). The van der Waals surface area contributed by atoms with Crippen molar-refractivity contribution in [2.24, 2.45) is 7.05 Å². The third-order valence-corrected chi connectivity index (χ3v) is 3.57. The molecule has 6 heteroatoms. The molecule has 0 amide bonds. The van der Waals surface area contributed by atoms with Gasteiger partial charge in [0.2, 0.25) is 0 Å². The average molecular weight is 278 g/mol. The van der Waals surface area contributed by atoms with E-state index in [1.54, 1.807) is 29.8 Å². The molecule has 0 aliphatic carbocycles. The molecule has 0 unspecified atom stereocenters. The largest absolute Gasteiger partial charge is 0.508 e. The average Bonchev–Trinajstić information content (AvgIpc) is 2.67. The van der Waals surface area contributed by atoms with Gasteiger partial charge in [-0.3, -0.25) is 0 Å². The van der Waals surface area contributed by atoms with E-state index in [0.717, 1.165) is 5.56 Å². The van der Waals surface area contributed by atoms with Crippen LogP contribution in [0.3, 0.4) is 0 Å². The summed E-state index contributed by atoms with van der Waals surface area (Å²) in [6, 6.07) is 6.78. The molecule has 0 saturated carbocycles. The first-order chi connectivity index (χ1) is 9.02. The highest BCUT2D eigenvalue weighted by Crippen LogP contribution is 2.22. The third-order valence-electron chi connectivity index (χ3n) is 2.84. The molecule has 0 fully saturated rings. The standard InChI is InChI=1S/C13H14N2O3S/c1-15-10(7-8-4-3-5-9(16)6-8)11(12(17)18)14-13(15)19-2/h3-6,16H,7H2,1-2H3,(H,17,18). The van der Waals surface area contributed by atoms with Gasteiger partial charge in [0.1, 0.15) is 5.75 Å². The van der Waals surface area contributed by atoms with Crippen molar-refractivity contribution in [3.05, 3.63) is 41.2 Å². The molecule has 0 radical (unpaired) electrons. The van der Waals surface area contributed by atoms with Gasteiger partial charge in [-0.2, -0.15) is 0 Å². The van der Waals surface area contributed by atoms with Crippen LogP contribution in [0.15, 0.2) is 29.4 Å². The summed E-state index contributed by atoms with van der Waals surface area (Å²) in [7, 11) is 1.80. The van der Waals surface area contributed by atoms with E-state index < -0.39 is 5.97 Å². The van der Waals surface area contributed by atoms with Crippen molar-refractivity contribution in [3.8, 4) is 5.75 Å². The molecule has 5 nitrogen and oxygen atoms in total. The Hall–Kier alpha value is -1.95. The van der Waals surface area contributed by atoms with Gasteiger partial charge in [0.15, 0.2) is 10.9 Å². The normalized spacial score (nSPS) is 10.6. The Kier molecular flexibility index (Phi) is 3.80. The van der Waals surface area contributed by atoms with Crippen molar-refractivity contribution in [2.45, 2.75) is 11.6 Å². The summed E-state index contributed by atoms with van der Waals surface area (Å²) < 4.78 is 1.78. The number of aromatic carboxylic acids is 1. The number of carboxylic acids is 1. The molecule has 100 valence electrons. The number of carboxylic acid groups (broad SMARTS) is 1. The lowest BCUT2D eigenvalue weighted by Gasteiger charge is -2.06. The van der Waals surface area contributed by atoms with Gasteiger partial charge in [-0.15, -0.1) is 0 Å². The van der Waals surface area contributed by atoms with Crippen molar-refractivity contribution in [1.29, 1.82) is 0 Å². The van der Waals surface area contributed by atoms with Crippen LogP contribution in [0.5, 0.6) is 5.75 Å². The summed E-state index contributed by atoms with van der Waals surface area (Å²) in [6.07, 6.45) is 2.27. The zero-order valence-electron chi connectivity index (χ0n) is 10.6. The summed E-state index contributed by atoms with van der Waals surface area (Å²) in [4.78, 5) is 15.3. The maximum Gasteiger partial charge on any atom is 0.356 e. The molecular formula is C13H14N2O3S. The second-order valence-electron chi connectivity index (χ2n) is 4.10. The van der Waals surface area contributed by atoms with Gasteiger partial charge in [-0.25, -0.2) is 9.78 Å². The first-order valence-corrected chi connectivity index (χ1v) is 6.86. The van der Waals surface area contributed by atoms with Gasteiger partial charge < -0.3 is 14.8 Å². The van der Waals surface area contributed by atoms with E-state index in [1.165, 1.54) is 11.8 Å². The number of thioether (sulfide) groups is 1. The van der Waals surface area contributed by atoms with Gasteiger partial charge in [0.05, 0.1) is 5.69 Å². The van der Waals surface area contributed by atoms with E-state index in [4.69, 9.17) is 0 Å². The minimum atomic E-state index is -1.04. The van der Waals surface area contributed by atoms with E-state index in [9.17, 15) is 15.0 Å². The van der Waals surface area contributed by atoms with Gasteiger partial charge in [-0.1, -0.05) is 23.9 Å². The zero-order chi connectivity index (χ0) is 14.0. The second kappa shape index (κ2) is 5.36. The molecule has 0 spiro atoms. The predicted octanol–water partition coefficient (Wildman–Crippen LogP) is 2.14. The van der Waals surface area contributed by atoms with E-state index >= 15 is 0 Å². The molecule has 0 bridgehead atoms. The quantitative estimate of drug-likeness (QED) is 0.838. The van der Waals surface area contributed by atoms with Gasteiger partial charge in [0.25, 0.3) is 0 Å². The van der Waals surface area contributed by atoms with Gasteiger partial charge >= 0.3 is 5.97 Å². The highest BCUT2D eigenvalue weighted by atomic mass is 32.2. The van der Waals surface area contributed by atoms with Crippen LogP contribution in [0.4, 0.5) is 0 Å². The Labute approximate surface area is 114 Å². The highest BCUT2D eigenvalue weighted by Gasteiger charge is 2.19. The number of nitrogens with zero attached hydrogens (tertiary/aromatic N) is 2. The van der Waals surface area contributed by atoms with Crippen molar-refractivity contribution >= 4 is 17.7 Å². The monoisotopic (exact) mass is 278 g/mol. The predicted molar refractivity (Wildman–Crippen MR) is 72.9 cm³/mol. The fourth-order valence-corrected chi connectivity index (χ4v) is 2.49. The van der Waals surface area contributed by atoms with Crippen molar-refractivity contribution in [1.82, 2.24) is 9.55 Å². The van der Waals surface area contributed by atoms with Crippen molar-refractivity contribution in [3.63, 3.8) is 0 Å². The maximum absolute atomic E-state index is 11.2. The van der Waals surface area contributed by atoms with Gasteiger partial charge in [-0.05, 0) is 24.0 Å². The molecule has 1 heterocycles. The first kappa shape index (κ1) is 13.5. The molecule has 1 aromatic carbocycles. The van der Waals surface area contributed by atoms with Crippen molar-refractivity contribution in [2.75, 3.05) is 6.26 Å². The topological polar surface area (TPSA) is 75.3 Å². The van der Waals surface area contributed by atoms with Crippen LogP contribution in [0, 0.1) is 0 Å². The van der Waals surface area contributed by atoms with Crippen LogP contribution in [-0.4, -0.2) is 32.0 Å². The number of hydrogen-bond donors (Lipinski definition) is 2. The van der Waals surface area contributed by atoms with Crippen LogP contribution < -0.4 is 0 Å².